The Hall–Kier alpha value is -1.44. The van der Waals surface area contributed by atoms with Crippen LogP contribution in [0.15, 0.2) is 17.5 Å². The van der Waals surface area contributed by atoms with Crippen LogP contribution in [0.25, 0.3) is 0 Å². The van der Waals surface area contributed by atoms with Crippen molar-refractivity contribution in [1.29, 1.82) is 0 Å². The highest BCUT2D eigenvalue weighted by atomic mass is 32.1. The molecule has 2 amide bonds. The zero-order valence-corrected chi connectivity index (χ0v) is 14.5. The van der Waals surface area contributed by atoms with Crippen LogP contribution >= 0.6 is 11.3 Å². The minimum absolute atomic E-state index is 0.0436. The second-order valence-corrected chi connectivity index (χ2v) is 6.83. The molecule has 0 saturated carbocycles. The Kier molecular flexibility index (Phi) is 7.01. The Balaban J connectivity index is 1.82. The van der Waals surface area contributed by atoms with Crippen LogP contribution in [0.3, 0.4) is 0 Å². The van der Waals surface area contributed by atoms with Crippen LogP contribution in [0.2, 0.25) is 0 Å². The summed E-state index contributed by atoms with van der Waals surface area (Å²) >= 11 is 1.55. The molecule has 0 bridgehead atoms. The summed E-state index contributed by atoms with van der Waals surface area (Å²) in [6.07, 6.45) is 0.257. The van der Waals surface area contributed by atoms with Gasteiger partial charge in [0, 0.05) is 37.5 Å². The average molecular weight is 339 g/mol. The summed E-state index contributed by atoms with van der Waals surface area (Å²) in [5.41, 5.74) is 0. The van der Waals surface area contributed by atoms with Crippen LogP contribution in [0, 0.1) is 0 Å². The second kappa shape index (κ2) is 9.00. The number of carbonyl (C=O) groups excluding carboxylic acids is 2. The van der Waals surface area contributed by atoms with E-state index in [1.807, 2.05) is 24.4 Å². The van der Waals surface area contributed by atoms with Gasteiger partial charge in [0.25, 0.3) is 0 Å². The van der Waals surface area contributed by atoms with Gasteiger partial charge >= 0.3 is 0 Å². The van der Waals surface area contributed by atoms with Crippen molar-refractivity contribution in [3.63, 3.8) is 0 Å². The summed E-state index contributed by atoms with van der Waals surface area (Å²) in [4.78, 5) is 26.9. The zero-order valence-electron chi connectivity index (χ0n) is 13.7. The Morgan fingerprint density at radius 2 is 2.09 bits per heavy atom. The summed E-state index contributed by atoms with van der Waals surface area (Å²) in [6.45, 7) is 7.62. The molecule has 2 N–H and O–H groups in total. The molecular weight excluding hydrogens is 314 g/mol. The summed E-state index contributed by atoms with van der Waals surface area (Å²) in [5.74, 6) is -0.171. The van der Waals surface area contributed by atoms with Gasteiger partial charge in [-0.15, -0.1) is 11.3 Å². The van der Waals surface area contributed by atoms with E-state index in [1.165, 1.54) is 6.92 Å². The molecule has 1 aliphatic heterocycles. The van der Waals surface area contributed by atoms with Gasteiger partial charge in [-0.2, -0.15) is 0 Å². The number of thiophene rings is 1. The van der Waals surface area contributed by atoms with Gasteiger partial charge in [-0.25, -0.2) is 0 Å². The molecule has 0 radical (unpaired) electrons. The summed E-state index contributed by atoms with van der Waals surface area (Å²) in [6, 6.07) is 3.67. The number of carbonyl (C=O) groups is 2. The first kappa shape index (κ1) is 17.9. The molecule has 2 heterocycles. The van der Waals surface area contributed by atoms with Gasteiger partial charge in [-0.05, 0) is 18.4 Å². The SMILES string of the molecule is CC(=O)NC(CC(=O)NC(C)CN1CCOCC1)c1cccs1. The van der Waals surface area contributed by atoms with Gasteiger partial charge in [0.05, 0.1) is 25.7 Å². The normalized spacial score (nSPS) is 18.2. The van der Waals surface area contributed by atoms with Gasteiger partial charge in [-0.1, -0.05) is 6.07 Å². The van der Waals surface area contributed by atoms with Crippen LogP contribution in [0.5, 0.6) is 0 Å². The summed E-state index contributed by atoms with van der Waals surface area (Å²) in [5, 5.41) is 7.82. The second-order valence-electron chi connectivity index (χ2n) is 5.85. The van der Waals surface area contributed by atoms with Gasteiger partial charge in [-0.3, -0.25) is 14.5 Å². The third-order valence-electron chi connectivity index (χ3n) is 3.70. The monoisotopic (exact) mass is 339 g/mol. The van der Waals surface area contributed by atoms with Gasteiger partial charge in [0.1, 0.15) is 0 Å². The number of hydrogen-bond acceptors (Lipinski definition) is 5. The van der Waals surface area contributed by atoms with E-state index < -0.39 is 0 Å². The van der Waals surface area contributed by atoms with Crippen molar-refractivity contribution in [2.75, 3.05) is 32.8 Å². The number of rotatable bonds is 7. The predicted molar refractivity (Wildman–Crippen MR) is 90.4 cm³/mol. The van der Waals surface area contributed by atoms with Crippen molar-refractivity contribution in [2.45, 2.75) is 32.4 Å². The number of ether oxygens (including phenoxy) is 1. The lowest BCUT2D eigenvalue weighted by Crippen LogP contribution is -2.46. The smallest absolute Gasteiger partial charge is 0.222 e. The van der Waals surface area contributed by atoms with E-state index >= 15 is 0 Å². The van der Waals surface area contributed by atoms with Crippen molar-refractivity contribution in [3.8, 4) is 0 Å². The first-order chi connectivity index (χ1) is 11.0. The van der Waals surface area contributed by atoms with E-state index in [2.05, 4.69) is 15.5 Å². The van der Waals surface area contributed by atoms with E-state index in [-0.39, 0.29) is 30.3 Å². The fourth-order valence-electron chi connectivity index (χ4n) is 2.69. The highest BCUT2D eigenvalue weighted by Gasteiger charge is 2.20. The van der Waals surface area contributed by atoms with Crippen molar-refractivity contribution in [3.05, 3.63) is 22.4 Å². The largest absolute Gasteiger partial charge is 0.379 e. The minimum Gasteiger partial charge on any atom is -0.379 e. The highest BCUT2D eigenvalue weighted by molar-refractivity contribution is 7.10. The molecule has 7 heteroatoms. The third-order valence-corrected chi connectivity index (χ3v) is 4.68. The van der Waals surface area contributed by atoms with Gasteiger partial charge in [0.15, 0.2) is 0 Å². The average Bonchev–Trinajstić information content (AvgIpc) is 3.01. The van der Waals surface area contributed by atoms with E-state index in [1.54, 1.807) is 11.3 Å². The maximum atomic E-state index is 12.3. The van der Waals surface area contributed by atoms with Crippen LogP contribution in [0.4, 0.5) is 0 Å². The molecule has 6 nitrogen and oxygen atoms in total. The van der Waals surface area contributed by atoms with Gasteiger partial charge in [0.2, 0.25) is 11.8 Å². The quantitative estimate of drug-likeness (QED) is 0.782. The van der Waals surface area contributed by atoms with Crippen LogP contribution in [-0.2, 0) is 14.3 Å². The lowest BCUT2D eigenvalue weighted by Gasteiger charge is -2.29. The maximum Gasteiger partial charge on any atom is 0.222 e. The van der Waals surface area contributed by atoms with Crippen molar-refractivity contribution >= 4 is 23.2 Å². The highest BCUT2D eigenvalue weighted by Crippen LogP contribution is 2.22. The third kappa shape index (κ3) is 6.29. The molecular formula is C16H25N3O3S. The molecule has 23 heavy (non-hydrogen) atoms. The predicted octanol–water partition coefficient (Wildman–Crippen LogP) is 1.15. The van der Waals surface area contributed by atoms with E-state index in [0.29, 0.717) is 0 Å². The van der Waals surface area contributed by atoms with Crippen LogP contribution < -0.4 is 10.6 Å². The fraction of sp³-hybridized carbons (Fsp3) is 0.625. The number of morpholine rings is 1. The van der Waals surface area contributed by atoms with E-state index in [9.17, 15) is 9.59 Å². The molecule has 1 aromatic heterocycles. The molecule has 1 aromatic rings. The van der Waals surface area contributed by atoms with Crippen molar-refractivity contribution in [1.82, 2.24) is 15.5 Å². The van der Waals surface area contributed by atoms with Crippen molar-refractivity contribution < 1.29 is 14.3 Å². The molecule has 1 fully saturated rings. The molecule has 1 saturated heterocycles. The maximum absolute atomic E-state index is 12.3. The standard InChI is InChI=1S/C16H25N3O3S/c1-12(11-19-5-7-22-8-6-19)17-16(21)10-14(18-13(2)20)15-4-3-9-23-15/h3-4,9,12,14H,5-8,10-11H2,1-2H3,(H,17,21)(H,18,20). The Bertz CT molecular complexity index is 501. The van der Waals surface area contributed by atoms with Crippen LogP contribution in [0.1, 0.15) is 31.2 Å². The molecule has 2 atom stereocenters. The molecule has 0 aromatic carbocycles. The first-order valence-electron chi connectivity index (χ1n) is 7.94. The topological polar surface area (TPSA) is 70.7 Å². The van der Waals surface area contributed by atoms with E-state index in [4.69, 9.17) is 4.74 Å². The lowest BCUT2D eigenvalue weighted by molar-refractivity contribution is -0.123. The number of nitrogens with zero attached hydrogens (tertiary/aromatic N) is 1. The fourth-order valence-corrected chi connectivity index (χ4v) is 3.47. The lowest BCUT2D eigenvalue weighted by atomic mass is 10.1. The minimum atomic E-state index is -0.261. The molecule has 0 aliphatic carbocycles. The summed E-state index contributed by atoms with van der Waals surface area (Å²) in [7, 11) is 0. The molecule has 2 unspecified atom stereocenters. The number of nitrogens with one attached hydrogen (secondary N) is 2. The molecule has 2 rings (SSSR count). The Morgan fingerprint density at radius 1 is 1.35 bits per heavy atom. The van der Waals surface area contributed by atoms with Crippen molar-refractivity contribution in [2.24, 2.45) is 0 Å². The number of hydrogen-bond donors (Lipinski definition) is 2. The molecule has 0 spiro atoms. The van der Waals surface area contributed by atoms with E-state index in [0.717, 1.165) is 37.7 Å². The van der Waals surface area contributed by atoms with Gasteiger partial charge < -0.3 is 15.4 Å². The Morgan fingerprint density at radius 3 is 2.70 bits per heavy atom. The molecule has 128 valence electrons. The van der Waals surface area contributed by atoms with Crippen LogP contribution in [-0.4, -0.2) is 55.6 Å². The summed E-state index contributed by atoms with van der Waals surface area (Å²) < 4.78 is 5.33. The number of amides is 2. The first-order valence-corrected chi connectivity index (χ1v) is 8.82. The Labute approximate surface area is 141 Å². The zero-order chi connectivity index (χ0) is 16.7. The molecule has 1 aliphatic rings.